The van der Waals surface area contributed by atoms with Crippen molar-refractivity contribution in [1.82, 2.24) is 0 Å². The van der Waals surface area contributed by atoms with E-state index in [0.29, 0.717) is 5.92 Å². The Kier molecular flexibility index (Phi) is 5.95. The lowest BCUT2D eigenvalue weighted by molar-refractivity contribution is 1.01. The second-order valence-corrected chi connectivity index (χ2v) is 8.96. The third-order valence-corrected chi connectivity index (χ3v) is 6.76. The standard InChI is InChI=1S/C30H34/c1-6-24-18-29(22(5)15-21(24)4)17-23-9-11-26(16-23)27-12-13-30(25(7-2)19-27)28-10-8-20(3)14-28/h8,10-16,18-19,28H,6-7,9,17H2,1-5H3. The van der Waals surface area contributed by atoms with E-state index in [2.05, 4.69) is 95.3 Å². The summed E-state index contributed by atoms with van der Waals surface area (Å²) in [5.41, 5.74) is 14.4. The molecule has 0 fully saturated rings. The number of aryl methyl sites for hydroxylation is 4. The van der Waals surface area contributed by atoms with Crippen molar-refractivity contribution in [3.05, 3.63) is 111 Å². The Bertz CT molecular complexity index is 1090. The van der Waals surface area contributed by atoms with Gasteiger partial charge in [-0.2, -0.15) is 0 Å². The van der Waals surface area contributed by atoms with Crippen molar-refractivity contribution in [2.75, 3.05) is 0 Å². The van der Waals surface area contributed by atoms with E-state index in [9.17, 15) is 0 Å². The molecule has 0 spiro atoms. The highest BCUT2D eigenvalue weighted by Gasteiger charge is 2.16. The van der Waals surface area contributed by atoms with Crippen LogP contribution in [0.4, 0.5) is 0 Å². The molecule has 0 radical (unpaired) electrons. The van der Waals surface area contributed by atoms with Crippen molar-refractivity contribution < 1.29 is 0 Å². The van der Waals surface area contributed by atoms with Crippen molar-refractivity contribution >= 4 is 5.57 Å². The molecule has 0 heteroatoms. The molecule has 0 heterocycles. The summed E-state index contributed by atoms with van der Waals surface area (Å²) in [7, 11) is 0. The van der Waals surface area contributed by atoms with Gasteiger partial charge in [0, 0.05) is 5.92 Å². The number of benzene rings is 2. The molecule has 154 valence electrons. The minimum Gasteiger partial charge on any atom is -0.0730 e. The molecule has 0 saturated heterocycles. The van der Waals surface area contributed by atoms with Crippen LogP contribution in [0.5, 0.6) is 0 Å². The lowest BCUT2D eigenvalue weighted by atomic mass is 9.90. The fourth-order valence-electron chi connectivity index (χ4n) is 4.93. The third kappa shape index (κ3) is 4.15. The van der Waals surface area contributed by atoms with Crippen molar-refractivity contribution in [2.45, 2.75) is 66.2 Å². The monoisotopic (exact) mass is 394 g/mol. The van der Waals surface area contributed by atoms with E-state index in [0.717, 1.165) is 25.7 Å². The van der Waals surface area contributed by atoms with E-state index in [1.165, 1.54) is 55.7 Å². The molecule has 0 N–H and O–H groups in total. The molecule has 2 aliphatic carbocycles. The molecule has 2 aliphatic rings. The van der Waals surface area contributed by atoms with E-state index in [1.807, 2.05) is 0 Å². The van der Waals surface area contributed by atoms with E-state index in [-0.39, 0.29) is 0 Å². The number of hydrogen-bond donors (Lipinski definition) is 0. The second kappa shape index (κ2) is 8.64. The van der Waals surface area contributed by atoms with Gasteiger partial charge in [0.05, 0.1) is 0 Å². The summed E-state index contributed by atoms with van der Waals surface area (Å²) in [4.78, 5) is 0. The zero-order valence-electron chi connectivity index (χ0n) is 19.2. The molecule has 0 aliphatic heterocycles. The summed E-state index contributed by atoms with van der Waals surface area (Å²) in [6.45, 7) is 11.2. The molecule has 30 heavy (non-hydrogen) atoms. The van der Waals surface area contributed by atoms with Gasteiger partial charge in [0.1, 0.15) is 0 Å². The van der Waals surface area contributed by atoms with Gasteiger partial charge in [-0.25, -0.2) is 0 Å². The minimum atomic E-state index is 0.440. The zero-order chi connectivity index (χ0) is 21.3. The second-order valence-electron chi connectivity index (χ2n) is 8.96. The maximum absolute atomic E-state index is 2.43. The van der Waals surface area contributed by atoms with Crippen LogP contribution in [0, 0.1) is 13.8 Å². The topological polar surface area (TPSA) is 0 Å². The maximum Gasteiger partial charge on any atom is 0.0210 e. The number of hydrogen-bond acceptors (Lipinski definition) is 0. The van der Waals surface area contributed by atoms with Gasteiger partial charge >= 0.3 is 0 Å². The molecular weight excluding hydrogens is 360 g/mol. The Morgan fingerprint density at radius 2 is 1.63 bits per heavy atom. The molecule has 0 amide bonds. The molecule has 1 unspecified atom stereocenters. The first-order chi connectivity index (χ1) is 14.5. The van der Waals surface area contributed by atoms with Gasteiger partial charge in [0.2, 0.25) is 0 Å². The normalized spacial score (nSPS) is 17.9. The molecule has 0 bridgehead atoms. The van der Waals surface area contributed by atoms with Gasteiger partial charge in [-0.1, -0.05) is 85.7 Å². The highest BCUT2D eigenvalue weighted by atomic mass is 14.2. The predicted octanol–water partition coefficient (Wildman–Crippen LogP) is 7.98. The van der Waals surface area contributed by atoms with Gasteiger partial charge in [-0.3, -0.25) is 0 Å². The first-order valence-corrected chi connectivity index (χ1v) is 11.5. The van der Waals surface area contributed by atoms with Gasteiger partial charge in [-0.15, -0.1) is 0 Å². The van der Waals surface area contributed by atoms with Crippen LogP contribution in [0.15, 0.2) is 71.9 Å². The zero-order valence-corrected chi connectivity index (χ0v) is 19.2. The van der Waals surface area contributed by atoms with Crippen LogP contribution in [0.1, 0.15) is 72.1 Å². The highest BCUT2D eigenvalue weighted by Crippen LogP contribution is 2.34. The minimum absolute atomic E-state index is 0.440. The van der Waals surface area contributed by atoms with Crippen LogP contribution in [0.3, 0.4) is 0 Å². The molecule has 2 aromatic rings. The van der Waals surface area contributed by atoms with Crippen molar-refractivity contribution in [1.29, 1.82) is 0 Å². The fourth-order valence-corrected chi connectivity index (χ4v) is 4.93. The molecule has 2 aromatic carbocycles. The van der Waals surface area contributed by atoms with Crippen LogP contribution in [-0.2, 0) is 19.3 Å². The average molecular weight is 395 g/mol. The summed E-state index contributed by atoms with van der Waals surface area (Å²) in [5, 5.41) is 0. The maximum atomic E-state index is 2.43. The van der Waals surface area contributed by atoms with Gasteiger partial charge in [-0.05, 0) is 91.0 Å². The largest absolute Gasteiger partial charge is 0.0730 e. The lowest BCUT2D eigenvalue weighted by Gasteiger charge is -2.14. The summed E-state index contributed by atoms with van der Waals surface area (Å²) in [5.74, 6) is 0.440. The lowest BCUT2D eigenvalue weighted by Crippen LogP contribution is -1.98. The van der Waals surface area contributed by atoms with E-state index in [1.54, 1.807) is 0 Å². The molecule has 1 atom stereocenters. The van der Waals surface area contributed by atoms with Crippen LogP contribution in [0.2, 0.25) is 0 Å². The summed E-state index contributed by atoms with van der Waals surface area (Å²) < 4.78 is 0. The van der Waals surface area contributed by atoms with Crippen LogP contribution < -0.4 is 0 Å². The molecule has 4 rings (SSSR count). The van der Waals surface area contributed by atoms with Crippen LogP contribution in [0.25, 0.3) is 5.57 Å². The smallest absolute Gasteiger partial charge is 0.0210 e. The molecular formula is C30H34. The number of rotatable bonds is 6. The Labute approximate surface area is 182 Å². The van der Waals surface area contributed by atoms with Gasteiger partial charge in [0.15, 0.2) is 0 Å². The Balaban J connectivity index is 1.56. The quantitative estimate of drug-likeness (QED) is 0.466. The van der Waals surface area contributed by atoms with Crippen LogP contribution >= 0.6 is 0 Å². The highest BCUT2D eigenvalue weighted by molar-refractivity contribution is 5.78. The third-order valence-electron chi connectivity index (χ3n) is 6.76. The first-order valence-electron chi connectivity index (χ1n) is 11.5. The summed E-state index contributed by atoms with van der Waals surface area (Å²) in [6, 6.07) is 11.9. The number of allylic oxidation sites excluding steroid dienone is 8. The van der Waals surface area contributed by atoms with Gasteiger partial charge in [0.25, 0.3) is 0 Å². The van der Waals surface area contributed by atoms with Crippen LogP contribution in [-0.4, -0.2) is 0 Å². The van der Waals surface area contributed by atoms with E-state index >= 15 is 0 Å². The average Bonchev–Trinajstić information content (AvgIpc) is 3.38. The molecule has 0 saturated carbocycles. The summed E-state index contributed by atoms with van der Waals surface area (Å²) in [6.07, 6.45) is 16.1. The summed E-state index contributed by atoms with van der Waals surface area (Å²) >= 11 is 0. The Morgan fingerprint density at radius 1 is 0.867 bits per heavy atom. The van der Waals surface area contributed by atoms with Crippen molar-refractivity contribution in [2.24, 2.45) is 0 Å². The molecule has 0 aromatic heterocycles. The Morgan fingerprint density at radius 3 is 2.33 bits per heavy atom. The fraction of sp³-hybridized carbons (Fsp3) is 0.333. The Hall–Kier alpha value is -2.60. The SMILES string of the molecule is CCc1cc(CC2=CC(c3ccc(C4C=CC(C)=C4)c(CC)c3)=CC2)c(C)cc1C. The van der Waals surface area contributed by atoms with Crippen molar-refractivity contribution in [3.8, 4) is 0 Å². The predicted molar refractivity (Wildman–Crippen MR) is 131 cm³/mol. The molecule has 0 nitrogen and oxygen atoms in total. The first kappa shape index (κ1) is 20.7. The van der Waals surface area contributed by atoms with Crippen molar-refractivity contribution in [3.63, 3.8) is 0 Å². The van der Waals surface area contributed by atoms with E-state index in [4.69, 9.17) is 0 Å². The van der Waals surface area contributed by atoms with Gasteiger partial charge < -0.3 is 0 Å². The van der Waals surface area contributed by atoms with E-state index < -0.39 is 0 Å².